The zero-order valence-electron chi connectivity index (χ0n) is 14.6. The van der Waals surface area contributed by atoms with Gasteiger partial charge in [0.15, 0.2) is 5.78 Å². The van der Waals surface area contributed by atoms with Crippen LogP contribution in [0.5, 0.6) is 0 Å². The Balaban J connectivity index is 1.72. The standard InChI is InChI=1S/C21H28O2/c1-13(22)17-6-7-18-16-5-4-14-12-15(23)8-10-20(14,2)19(16)9-11-21(17,18)3/h4-5,12,16-19H,6-11H2,1-3H3/p+1/t16-,17+,18-,19+,20+,21+/m0/s1. The van der Waals surface area contributed by atoms with E-state index in [0.29, 0.717) is 41.7 Å². The van der Waals surface area contributed by atoms with Crippen LogP contribution >= 0.6 is 0 Å². The van der Waals surface area contributed by atoms with E-state index in [-0.39, 0.29) is 10.8 Å². The lowest BCUT2D eigenvalue weighted by atomic mass is 9.48. The second-order valence-corrected chi connectivity index (χ2v) is 8.95. The molecule has 2 saturated carbocycles. The topological polar surface area (TPSA) is 38.5 Å². The Bertz CT molecular complexity index is 628. The number of fused-ring (bicyclic) bond motifs is 5. The van der Waals surface area contributed by atoms with Gasteiger partial charge in [-0.15, -0.1) is 0 Å². The molecular formula is C21H29O2+. The highest BCUT2D eigenvalue weighted by Gasteiger charge is 2.59. The quantitative estimate of drug-likeness (QED) is 0.658. The van der Waals surface area contributed by atoms with Crippen molar-refractivity contribution in [2.45, 2.75) is 59.3 Å². The number of rotatable bonds is 1. The fourth-order valence-corrected chi connectivity index (χ4v) is 6.68. The molecule has 0 radical (unpaired) electrons. The Morgan fingerprint density at radius 1 is 1.17 bits per heavy atom. The van der Waals surface area contributed by atoms with Crippen LogP contribution in [0.3, 0.4) is 0 Å². The predicted molar refractivity (Wildman–Crippen MR) is 92.7 cm³/mol. The number of carbonyl (C=O) groups is 1. The predicted octanol–water partition coefficient (Wildman–Crippen LogP) is 4.48. The molecule has 2 fully saturated rings. The monoisotopic (exact) mass is 313 g/mol. The van der Waals surface area contributed by atoms with Gasteiger partial charge in [-0.3, -0.25) is 9.59 Å². The maximum atomic E-state index is 11.8. The molecule has 0 aromatic rings. The molecule has 0 amide bonds. The molecule has 0 aromatic heterocycles. The van der Waals surface area contributed by atoms with E-state index in [0.717, 1.165) is 12.8 Å². The van der Waals surface area contributed by atoms with Crippen molar-refractivity contribution in [3.63, 3.8) is 0 Å². The molecule has 0 bridgehead atoms. The van der Waals surface area contributed by atoms with Crippen molar-refractivity contribution < 1.29 is 9.59 Å². The number of carbonyl (C=O) groups excluding carboxylic acids is 2. The van der Waals surface area contributed by atoms with Crippen LogP contribution in [-0.4, -0.2) is 16.4 Å². The van der Waals surface area contributed by atoms with E-state index in [1.54, 1.807) is 0 Å². The molecule has 1 N–H and O–H groups in total. The van der Waals surface area contributed by atoms with Crippen molar-refractivity contribution in [3.05, 3.63) is 23.8 Å². The van der Waals surface area contributed by atoms with Gasteiger partial charge in [0.05, 0.1) is 5.92 Å². The van der Waals surface area contributed by atoms with Gasteiger partial charge in [0.2, 0.25) is 0 Å². The van der Waals surface area contributed by atoms with Crippen molar-refractivity contribution in [2.75, 3.05) is 0 Å². The fourth-order valence-electron chi connectivity index (χ4n) is 6.68. The minimum absolute atomic E-state index is 0.185. The summed E-state index contributed by atoms with van der Waals surface area (Å²) in [6, 6.07) is 0. The zero-order chi connectivity index (χ0) is 16.4. The highest BCUT2D eigenvalue weighted by atomic mass is 16.1. The van der Waals surface area contributed by atoms with E-state index in [4.69, 9.17) is 0 Å². The summed E-state index contributed by atoms with van der Waals surface area (Å²) in [5.41, 5.74) is 1.72. The average Bonchev–Trinajstić information content (AvgIpc) is 2.85. The normalized spacial score (nSPS) is 48.3. The summed E-state index contributed by atoms with van der Waals surface area (Å²) in [7, 11) is 0. The molecule has 0 spiro atoms. The second kappa shape index (κ2) is 4.91. The lowest BCUT2D eigenvalue weighted by Crippen LogP contribution is -2.49. The minimum atomic E-state index is 0.185. The summed E-state index contributed by atoms with van der Waals surface area (Å²) in [4.78, 5) is 22.0. The van der Waals surface area contributed by atoms with Crippen LogP contribution < -0.4 is 0 Å². The molecule has 4 aliphatic rings. The first-order valence-corrected chi connectivity index (χ1v) is 9.32. The van der Waals surface area contributed by atoms with Crippen LogP contribution in [0.2, 0.25) is 0 Å². The first-order valence-electron chi connectivity index (χ1n) is 9.32. The van der Waals surface area contributed by atoms with E-state index in [1.807, 2.05) is 13.0 Å². The van der Waals surface area contributed by atoms with Crippen LogP contribution in [-0.2, 0) is 4.79 Å². The molecule has 0 saturated heterocycles. The maximum Gasteiger partial charge on any atom is 0.293 e. The zero-order valence-corrected chi connectivity index (χ0v) is 14.6. The molecular weight excluding hydrogens is 284 g/mol. The SMILES string of the molecule is CC(=[OH+])[C@H]1CC[C@H]2[C@@H]3C=CC4=CC(=O)CC[C@@]4(C)[C@@H]3CC[C@]12C. The number of hydrogen-bond donors (Lipinski definition) is 0. The Morgan fingerprint density at radius 2 is 1.96 bits per heavy atom. The van der Waals surface area contributed by atoms with Gasteiger partial charge in [-0.05, 0) is 72.3 Å². The summed E-state index contributed by atoms with van der Waals surface area (Å²) in [5, 5.41) is 0. The largest absolute Gasteiger partial charge is 0.295 e. The van der Waals surface area contributed by atoms with E-state index in [9.17, 15) is 9.59 Å². The van der Waals surface area contributed by atoms with E-state index >= 15 is 0 Å². The third-order valence-corrected chi connectivity index (χ3v) is 8.02. The van der Waals surface area contributed by atoms with Gasteiger partial charge in [-0.1, -0.05) is 26.0 Å². The molecule has 0 aliphatic heterocycles. The Kier molecular flexibility index (Phi) is 3.28. The van der Waals surface area contributed by atoms with Gasteiger partial charge in [0, 0.05) is 13.3 Å². The van der Waals surface area contributed by atoms with Crippen LogP contribution in [0.15, 0.2) is 23.8 Å². The van der Waals surface area contributed by atoms with Gasteiger partial charge >= 0.3 is 0 Å². The minimum Gasteiger partial charge on any atom is -0.295 e. The lowest BCUT2D eigenvalue weighted by molar-refractivity contribution is -0.116. The average molecular weight is 313 g/mol. The summed E-state index contributed by atoms with van der Waals surface area (Å²) >= 11 is 0. The maximum absolute atomic E-state index is 11.8. The van der Waals surface area contributed by atoms with E-state index in [2.05, 4.69) is 26.0 Å². The Morgan fingerprint density at radius 3 is 2.70 bits per heavy atom. The first-order chi connectivity index (χ1) is 10.9. The molecule has 23 heavy (non-hydrogen) atoms. The molecule has 4 rings (SSSR count). The van der Waals surface area contributed by atoms with Crippen LogP contribution in [0.4, 0.5) is 0 Å². The number of hydrogen-bond acceptors (Lipinski definition) is 1. The van der Waals surface area contributed by atoms with Crippen LogP contribution in [0.1, 0.15) is 59.3 Å². The van der Waals surface area contributed by atoms with Crippen molar-refractivity contribution in [3.8, 4) is 0 Å². The third-order valence-electron chi connectivity index (χ3n) is 8.02. The molecule has 6 atom stereocenters. The number of allylic oxidation sites excluding steroid dienone is 4. The second-order valence-electron chi connectivity index (χ2n) is 8.95. The van der Waals surface area contributed by atoms with Crippen molar-refractivity contribution in [1.82, 2.24) is 0 Å². The summed E-state index contributed by atoms with van der Waals surface area (Å²) in [6.07, 6.45) is 13.1. The van der Waals surface area contributed by atoms with Crippen molar-refractivity contribution in [1.29, 1.82) is 0 Å². The first kappa shape index (κ1) is 15.4. The smallest absolute Gasteiger partial charge is 0.293 e. The molecule has 2 nitrogen and oxygen atoms in total. The van der Waals surface area contributed by atoms with Crippen LogP contribution in [0.25, 0.3) is 0 Å². The molecule has 0 unspecified atom stereocenters. The Labute approximate surface area is 139 Å². The van der Waals surface area contributed by atoms with Gasteiger partial charge in [-0.2, -0.15) is 0 Å². The van der Waals surface area contributed by atoms with Crippen molar-refractivity contribution >= 4 is 11.6 Å². The third kappa shape index (κ3) is 1.99. The molecule has 4 aliphatic carbocycles. The summed E-state index contributed by atoms with van der Waals surface area (Å²) < 4.78 is 0. The lowest BCUT2D eigenvalue weighted by Gasteiger charge is -2.55. The van der Waals surface area contributed by atoms with Gasteiger partial charge in [0.1, 0.15) is 0 Å². The van der Waals surface area contributed by atoms with E-state index in [1.165, 1.54) is 24.8 Å². The van der Waals surface area contributed by atoms with Gasteiger partial charge in [0.25, 0.3) is 5.78 Å². The number of ketones is 2. The highest BCUT2D eigenvalue weighted by Crippen LogP contribution is 2.65. The van der Waals surface area contributed by atoms with E-state index < -0.39 is 0 Å². The summed E-state index contributed by atoms with van der Waals surface area (Å²) in [6.45, 7) is 6.71. The van der Waals surface area contributed by atoms with Crippen LogP contribution in [0, 0.1) is 34.5 Å². The Hall–Kier alpha value is -1.18. The molecule has 2 heteroatoms. The van der Waals surface area contributed by atoms with Gasteiger partial charge < -0.3 is 0 Å². The summed E-state index contributed by atoms with van der Waals surface area (Å²) in [5.74, 6) is 3.28. The van der Waals surface area contributed by atoms with Gasteiger partial charge in [-0.25, -0.2) is 0 Å². The van der Waals surface area contributed by atoms with Crippen molar-refractivity contribution in [2.24, 2.45) is 34.5 Å². The molecule has 0 heterocycles. The molecule has 124 valence electrons. The fraction of sp³-hybridized carbons (Fsp3) is 0.714. The highest BCUT2D eigenvalue weighted by molar-refractivity contribution is 5.92. The molecule has 0 aromatic carbocycles.